The monoisotopic (exact) mass is 282 g/mol. The quantitative estimate of drug-likeness (QED) is 0.848. The fourth-order valence-electron chi connectivity index (χ4n) is 1.93. The van der Waals surface area contributed by atoms with Crippen LogP contribution in [0.5, 0.6) is 0 Å². The number of hydrogen-bond acceptors (Lipinski definition) is 3. The van der Waals surface area contributed by atoms with Crippen molar-refractivity contribution in [3.8, 4) is 0 Å². The Morgan fingerprint density at radius 3 is 2.74 bits per heavy atom. The molecule has 0 aliphatic heterocycles. The van der Waals surface area contributed by atoms with Crippen LogP contribution in [0.1, 0.15) is 24.5 Å². The van der Waals surface area contributed by atoms with E-state index in [-0.39, 0.29) is 17.3 Å². The van der Waals surface area contributed by atoms with Gasteiger partial charge in [-0.3, -0.25) is 19.0 Å². The zero-order valence-corrected chi connectivity index (χ0v) is 11.6. The number of aromatic nitrogens is 4. The van der Waals surface area contributed by atoms with E-state index in [4.69, 9.17) is 11.6 Å². The third kappa shape index (κ3) is 2.78. The van der Waals surface area contributed by atoms with Crippen molar-refractivity contribution >= 4 is 11.6 Å². The molecule has 0 fully saturated rings. The lowest BCUT2D eigenvalue weighted by Crippen LogP contribution is -2.37. The number of H-pyrrole nitrogens is 1. The predicted molar refractivity (Wildman–Crippen MR) is 72.6 cm³/mol. The molecule has 0 saturated heterocycles. The van der Waals surface area contributed by atoms with Gasteiger partial charge in [-0.1, -0.05) is 24.9 Å². The average Bonchev–Trinajstić information content (AvgIpc) is 2.76. The van der Waals surface area contributed by atoms with Crippen LogP contribution < -0.4 is 11.2 Å². The molecule has 0 spiro atoms. The van der Waals surface area contributed by atoms with E-state index in [2.05, 4.69) is 10.1 Å². The summed E-state index contributed by atoms with van der Waals surface area (Å²) in [6.07, 6.45) is 4.72. The highest BCUT2D eigenvalue weighted by molar-refractivity contribution is 6.30. The van der Waals surface area contributed by atoms with Crippen molar-refractivity contribution in [1.29, 1.82) is 0 Å². The van der Waals surface area contributed by atoms with Crippen molar-refractivity contribution in [2.24, 2.45) is 7.05 Å². The number of aromatic amines is 1. The van der Waals surface area contributed by atoms with Gasteiger partial charge in [0.05, 0.1) is 18.3 Å². The van der Waals surface area contributed by atoms with Crippen molar-refractivity contribution < 1.29 is 0 Å². The maximum Gasteiger partial charge on any atom is 0.329 e. The van der Waals surface area contributed by atoms with E-state index >= 15 is 0 Å². The Balaban J connectivity index is 2.48. The van der Waals surface area contributed by atoms with Gasteiger partial charge >= 0.3 is 5.69 Å². The van der Waals surface area contributed by atoms with E-state index in [9.17, 15) is 9.59 Å². The number of rotatable bonds is 4. The van der Waals surface area contributed by atoms with Crippen molar-refractivity contribution in [2.45, 2.75) is 26.3 Å². The van der Waals surface area contributed by atoms with Crippen LogP contribution in [0.3, 0.4) is 0 Å². The first-order valence-electron chi connectivity index (χ1n) is 6.02. The molecule has 0 radical (unpaired) electrons. The van der Waals surface area contributed by atoms with Gasteiger partial charge in [0.25, 0.3) is 5.56 Å². The topological polar surface area (TPSA) is 72.7 Å². The van der Waals surface area contributed by atoms with E-state index in [1.807, 2.05) is 6.92 Å². The van der Waals surface area contributed by atoms with Gasteiger partial charge in [-0.25, -0.2) is 4.79 Å². The smallest absolute Gasteiger partial charge is 0.297 e. The second-order valence-corrected chi connectivity index (χ2v) is 4.76. The van der Waals surface area contributed by atoms with Crippen LogP contribution in [0, 0.1) is 0 Å². The Morgan fingerprint density at radius 2 is 2.16 bits per heavy atom. The van der Waals surface area contributed by atoms with Crippen LogP contribution in [-0.2, 0) is 20.0 Å². The lowest BCUT2D eigenvalue weighted by Gasteiger charge is -2.07. The molecule has 7 heteroatoms. The van der Waals surface area contributed by atoms with E-state index in [1.54, 1.807) is 24.1 Å². The molecule has 102 valence electrons. The molecule has 0 unspecified atom stereocenters. The van der Waals surface area contributed by atoms with Crippen LogP contribution in [0.2, 0.25) is 5.15 Å². The maximum atomic E-state index is 12.2. The Bertz CT molecular complexity index is 698. The summed E-state index contributed by atoms with van der Waals surface area (Å²) in [6, 6.07) is 0. The van der Waals surface area contributed by atoms with Gasteiger partial charge in [0.1, 0.15) is 5.15 Å². The van der Waals surface area contributed by atoms with Crippen LogP contribution in [0.25, 0.3) is 0 Å². The van der Waals surface area contributed by atoms with E-state index in [0.29, 0.717) is 12.0 Å². The number of halogens is 1. The normalized spacial score (nSPS) is 10.9. The van der Waals surface area contributed by atoms with Gasteiger partial charge in [0.2, 0.25) is 0 Å². The van der Waals surface area contributed by atoms with Gasteiger partial charge in [0, 0.05) is 18.8 Å². The van der Waals surface area contributed by atoms with Crippen LogP contribution in [0.15, 0.2) is 22.0 Å². The number of nitrogens with zero attached hydrogens (tertiary/aromatic N) is 3. The summed E-state index contributed by atoms with van der Waals surface area (Å²) in [4.78, 5) is 26.6. The lowest BCUT2D eigenvalue weighted by molar-refractivity contribution is 0.679. The third-order valence-corrected chi connectivity index (χ3v) is 3.15. The summed E-state index contributed by atoms with van der Waals surface area (Å²) in [5, 5.41) is 4.15. The summed E-state index contributed by atoms with van der Waals surface area (Å²) in [6.45, 7) is 2.14. The summed E-state index contributed by atoms with van der Waals surface area (Å²) < 4.78 is 2.77. The van der Waals surface area contributed by atoms with Crippen LogP contribution >= 0.6 is 11.6 Å². The van der Waals surface area contributed by atoms with Gasteiger partial charge in [-0.05, 0) is 6.42 Å². The average molecular weight is 283 g/mol. The molecule has 2 aromatic rings. The van der Waals surface area contributed by atoms with Crippen molar-refractivity contribution in [3.05, 3.63) is 49.5 Å². The van der Waals surface area contributed by atoms with Gasteiger partial charge in [0.15, 0.2) is 0 Å². The molecule has 1 N–H and O–H groups in total. The Kier molecular flexibility index (Phi) is 3.90. The highest BCUT2D eigenvalue weighted by Gasteiger charge is 2.12. The first kappa shape index (κ1) is 13.6. The van der Waals surface area contributed by atoms with Crippen LogP contribution in [0.4, 0.5) is 0 Å². The maximum absolute atomic E-state index is 12.2. The first-order chi connectivity index (χ1) is 9.02. The molecule has 0 amide bonds. The van der Waals surface area contributed by atoms with E-state index in [1.165, 1.54) is 0 Å². The number of hydrogen-bond donors (Lipinski definition) is 1. The Morgan fingerprint density at radius 1 is 1.42 bits per heavy atom. The Labute approximate surface area is 114 Å². The van der Waals surface area contributed by atoms with E-state index < -0.39 is 5.69 Å². The molecule has 0 aliphatic rings. The number of nitrogens with one attached hydrogen (secondary N) is 1. The number of aryl methyl sites for hydroxylation is 1. The van der Waals surface area contributed by atoms with Crippen molar-refractivity contribution in [3.63, 3.8) is 0 Å². The molecule has 0 aliphatic carbocycles. The highest BCUT2D eigenvalue weighted by Crippen LogP contribution is 2.08. The summed E-state index contributed by atoms with van der Waals surface area (Å²) in [7, 11) is 1.78. The third-order valence-electron chi connectivity index (χ3n) is 2.83. The molecule has 19 heavy (non-hydrogen) atoms. The largest absolute Gasteiger partial charge is 0.329 e. The predicted octanol–water partition coefficient (Wildman–Crippen LogP) is 0.924. The highest BCUT2D eigenvalue weighted by atomic mass is 35.5. The molecule has 0 atom stereocenters. The fourth-order valence-corrected chi connectivity index (χ4v) is 2.19. The van der Waals surface area contributed by atoms with Gasteiger partial charge in [-0.15, -0.1) is 0 Å². The molecular formula is C12H15ClN4O2. The summed E-state index contributed by atoms with van der Waals surface area (Å²) in [5.41, 5.74) is 0.408. The summed E-state index contributed by atoms with van der Waals surface area (Å²) in [5.74, 6) is 0. The van der Waals surface area contributed by atoms with E-state index in [0.717, 1.165) is 16.6 Å². The zero-order chi connectivity index (χ0) is 14.0. The molecule has 0 saturated carbocycles. The molecule has 2 rings (SSSR count). The van der Waals surface area contributed by atoms with Gasteiger partial charge < -0.3 is 0 Å². The van der Waals surface area contributed by atoms with Crippen molar-refractivity contribution in [2.75, 3.05) is 0 Å². The molecule has 2 aromatic heterocycles. The fraction of sp³-hybridized carbons (Fsp3) is 0.417. The van der Waals surface area contributed by atoms with Gasteiger partial charge in [-0.2, -0.15) is 5.10 Å². The second-order valence-electron chi connectivity index (χ2n) is 4.39. The molecular weight excluding hydrogens is 268 g/mol. The molecule has 0 bridgehead atoms. The van der Waals surface area contributed by atoms with Crippen molar-refractivity contribution in [1.82, 2.24) is 19.3 Å². The Hall–Kier alpha value is -1.82. The first-order valence-corrected chi connectivity index (χ1v) is 6.39. The minimum atomic E-state index is -0.501. The molecule has 6 nitrogen and oxygen atoms in total. The second kappa shape index (κ2) is 5.44. The minimum absolute atomic E-state index is 0.138. The molecule has 0 aromatic carbocycles. The van der Waals surface area contributed by atoms with Crippen LogP contribution in [-0.4, -0.2) is 19.3 Å². The summed E-state index contributed by atoms with van der Waals surface area (Å²) >= 11 is 5.91. The lowest BCUT2D eigenvalue weighted by atomic mass is 10.2. The standard InChI is InChI=1S/C12H15ClN4O2/c1-3-4-9-10(13)15-12(19)17(11(9)18)7-8-5-14-16(2)6-8/h5-6H,3-4,7H2,1-2H3,(H,15,19). The minimum Gasteiger partial charge on any atom is -0.297 e. The zero-order valence-electron chi connectivity index (χ0n) is 10.8. The SMILES string of the molecule is CCCc1c(Cl)[nH]c(=O)n(Cc2cnn(C)c2)c1=O. The molecule has 2 heterocycles.